The summed E-state index contributed by atoms with van der Waals surface area (Å²) >= 11 is 0. The third-order valence-electron chi connectivity index (χ3n) is 6.07. The molecule has 25 heavy (non-hydrogen) atoms. The van der Waals surface area contributed by atoms with E-state index in [-0.39, 0.29) is 11.8 Å². The predicted octanol–water partition coefficient (Wildman–Crippen LogP) is 2.64. The van der Waals surface area contributed by atoms with Crippen molar-refractivity contribution in [2.24, 2.45) is 23.7 Å². The van der Waals surface area contributed by atoms with E-state index in [1.807, 2.05) is 19.9 Å². The van der Waals surface area contributed by atoms with E-state index in [4.69, 9.17) is 0 Å². The van der Waals surface area contributed by atoms with Gasteiger partial charge in [-0.05, 0) is 63.4 Å². The smallest absolute Gasteiger partial charge is 0.225 e. The summed E-state index contributed by atoms with van der Waals surface area (Å²) in [6.45, 7) is 6.58. The van der Waals surface area contributed by atoms with Crippen molar-refractivity contribution in [1.29, 1.82) is 0 Å². The summed E-state index contributed by atoms with van der Waals surface area (Å²) in [5.74, 6) is 3.32. The molecule has 1 aromatic rings. The lowest BCUT2D eigenvalue weighted by molar-refractivity contribution is -0.125. The van der Waals surface area contributed by atoms with E-state index in [1.54, 1.807) is 0 Å². The van der Waals surface area contributed by atoms with E-state index < -0.39 is 0 Å². The van der Waals surface area contributed by atoms with Crippen LogP contribution < -0.4 is 10.2 Å². The monoisotopic (exact) mass is 340 g/mol. The number of aromatic nitrogens is 2. The zero-order valence-electron chi connectivity index (χ0n) is 15.2. The molecule has 4 rings (SSSR count). The number of allylic oxidation sites excluding steroid dienone is 2. The van der Waals surface area contributed by atoms with Crippen LogP contribution in [0.1, 0.15) is 37.1 Å². The fourth-order valence-corrected chi connectivity index (χ4v) is 4.70. The van der Waals surface area contributed by atoms with Gasteiger partial charge in [0, 0.05) is 36.9 Å². The van der Waals surface area contributed by atoms with Crippen LogP contribution >= 0.6 is 0 Å². The van der Waals surface area contributed by atoms with E-state index in [1.165, 1.54) is 12.8 Å². The lowest BCUT2D eigenvalue weighted by Crippen LogP contribution is -2.42. The number of aryl methyl sites for hydroxylation is 2. The topological polar surface area (TPSA) is 58.1 Å². The first kappa shape index (κ1) is 16.6. The standard InChI is InChI=1S/C20H28N4O/c1-13-9-14(2)23-20(22-13)24-7-5-16(6-8-24)19(25)21-12-18-11-15-3-4-17(18)10-15/h3-4,9,15-18H,5-8,10-12H2,1-2H3,(H,21,25). The highest BCUT2D eigenvalue weighted by molar-refractivity contribution is 5.79. The minimum atomic E-state index is 0.135. The molecule has 2 heterocycles. The van der Waals surface area contributed by atoms with Crippen LogP contribution in [0.4, 0.5) is 5.95 Å². The fraction of sp³-hybridized carbons (Fsp3) is 0.650. The van der Waals surface area contributed by atoms with Gasteiger partial charge in [0.25, 0.3) is 0 Å². The van der Waals surface area contributed by atoms with Gasteiger partial charge >= 0.3 is 0 Å². The molecule has 1 amide bonds. The Morgan fingerprint density at radius 2 is 1.88 bits per heavy atom. The molecule has 3 aliphatic rings. The number of hydrogen-bond donors (Lipinski definition) is 1. The number of anilines is 1. The molecule has 1 aliphatic heterocycles. The Bertz CT molecular complexity index is 658. The summed E-state index contributed by atoms with van der Waals surface area (Å²) in [4.78, 5) is 23.8. The summed E-state index contributed by atoms with van der Waals surface area (Å²) in [6.07, 6.45) is 9.04. The van der Waals surface area contributed by atoms with Gasteiger partial charge in [-0.15, -0.1) is 0 Å². The number of nitrogens with zero attached hydrogens (tertiary/aromatic N) is 3. The number of carbonyl (C=O) groups excluding carboxylic acids is 1. The molecular formula is C20H28N4O. The Kier molecular flexibility index (Phi) is 4.48. The molecule has 1 saturated heterocycles. The number of piperidine rings is 1. The molecule has 1 aromatic heterocycles. The quantitative estimate of drug-likeness (QED) is 0.856. The molecule has 0 radical (unpaired) electrons. The first-order valence-corrected chi connectivity index (χ1v) is 9.62. The second-order valence-corrected chi connectivity index (χ2v) is 8.00. The number of fused-ring (bicyclic) bond motifs is 2. The maximum absolute atomic E-state index is 12.5. The Hall–Kier alpha value is -1.91. The lowest BCUT2D eigenvalue weighted by Gasteiger charge is -2.32. The second kappa shape index (κ2) is 6.77. The molecule has 1 saturated carbocycles. The van der Waals surface area contributed by atoms with Gasteiger partial charge in [-0.1, -0.05) is 12.2 Å². The third-order valence-corrected chi connectivity index (χ3v) is 6.07. The summed E-state index contributed by atoms with van der Waals surface area (Å²) in [7, 11) is 0. The molecule has 0 aromatic carbocycles. The first-order valence-electron chi connectivity index (χ1n) is 9.62. The van der Waals surface area contributed by atoms with Gasteiger partial charge in [0.15, 0.2) is 0 Å². The lowest BCUT2D eigenvalue weighted by atomic mass is 9.92. The highest BCUT2D eigenvalue weighted by Gasteiger charge is 2.36. The minimum absolute atomic E-state index is 0.135. The summed E-state index contributed by atoms with van der Waals surface area (Å²) in [5.41, 5.74) is 2.00. The molecular weight excluding hydrogens is 312 g/mol. The zero-order valence-corrected chi connectivity index (χ0v) is 15.2. The highest BCUT2D eigenvalue weighted by atomic mass is 16.1. The molecule has 1 N–H and O–H groups in total. The van der Waals surface area contributed by atoms with E-state index in [2.05, 4.69) is 32.3 Å². The van der Waals surface area contributed by atoms with Crippen LogP contribution in [0, 0.1) is 37.5 Å². The van der Waals surface area contributed by atoms with E-state index >= 15 is 0 Å². The molecule has 3 unspecified atom stereocenters. The minimum Gasteiger partial charge on any atom is -0.356 e. The molecule has 2 aliphatic carbocycles. The van der Waals surface area contributed by atoms with Crippen molar-refractivity contribution in [2.75, 3.05) is 24.5 Å². The van der Waals surface area contributed by atoms with Crippen LogP contribution in [0.5, 0.6) is 0 Å². The predicted molar refractivity (Wildman–Crippen MR) is 98.3 cm³/mol. The summed E-state index contributed by atoms with van der Waals surface area (Å²) < 4.78 is 0. The summed E-state index contributed by atoms with van der Waals surface area (Å²) in [6, 6.07) is 1.99. The van der Waals surface area contributed by atoms with Crippen LogP contribution in [0.25, 0.3) is 0 Å². The number of nitrogens with one attached hydrogen (secondary N) is 1. The second-order valence-electron chi connectivity index (χ2n) is 8.00. The Labute approximate surface area is 149 Å². The number of hydrogen-bond acceptors (Lipinski definition) is 4. The van der Waals surface area contributed by atoms with E-state index in [9.17, 15) is 4.79 Å². The zero-order chi connectivity index (χ0) is 17.4. The van der Waals surface area contributed by atoms with Gasteiger partial charge in [0.1, 0.15) is 0 Å². The maximum Gasteiger partial charge on any atom is 0.225 e. The molecule has 134 valence electrons. The van der Waals surface area contributed by atoms with Crippen LogP contribution in [0.2, 0.25) is 0 Å². The normalized spacial score (nSPS) is 28.6. The Balaban J connectivity index is 1.26. The van der Waals surface area contributed by atoms with Crippen LogP contribution in [-0.4, -0.2) is 35.5 Å². The molecule has 2 fully saturated rings. The molecule has 3 atom stereocenters. The van der Waals surface area contributed by atoms with Gasteiger partial charge in [-0.3, -0.25) is 4.79 Å². The van der Waals surface area contributed by atoms with Crippen molar-refractivity contribution in [3.8, 4) is 0 Å². The van der Waals surface area contributed by atoms with Crippen LogP contribution in [0.3, 0.4) is 0 Å². The van der Waals surface area contributed by atoms with Gasteiger partial charge in [-0.25, -0.2) is 9.97 Å². The largest absolute Gasteiger partial charge is 0.356 e. The van der Waals surface area contributed by atoms with Crippen molar-refractivity contribution >= 4 is 11.9 Å². The van der Waals surface area contributed by atoms with Gasteiger partial charge in [-0.2, -0.15) is 0 Å². The van der Waals surface area contributed by atoms with E-state index in [0.717, 1.165) is 55.7 Å². The molecule has 5 nitrogen and oxygen atoms in total. The Morgan fingerprint density at radius 1 is 1.16 bits per heavy atom. The average molecular weight is 340 g/mol. The Morgan fingerprint density at radius 3 is 2.48 bits per heavy atom. The van der Waals surface area contributed by atoms with Crippen LogP contribution in [0.15, 0.2) is 18.2 Å². The fourth-order valence-electron chi connectivity index (χ4n) is 4.70. The van der Waals surface area contributed by atoms with Crippen LogP contribution in [-0.2, 0) is 4.79 Å². The first-order chi connectivity index (χ1) is 12.1. The van der Waals surface area contributed by atoms with Crippen molar-refractivity contribution in [1.82, 2.24) is 15.3 Å². The van der Waals surface area contributed by atoms with Crippen molar-refractivity contribution in [3.05, 3.63) is 29.6 Å². The highest BCUT2D eigenvalue weighted by Crippen LogP contribution is 2.43. The number of rotatable bonds is 4. The SMILES string of the molecule is Cc1cc(C)nc(N2CCC(C(=O)NCC3CC4C=CC3C4)CC2)n1. The number of carbonyl (C=O) groups is 1. The average Bonchev–Trinajstić information content (AvgIpc) is 3.22. The van der Waals surface area contributed by atoms with Crippen molar-refractivity contribution in [2.45, 2.75) is 39.5 Å². The third kappa shape index (κ3) is 3.55. The molecule has 0 spiro atoms. The van der Waals surface area contributed by atoms with Gasteiger partial charge in [0.05, 0.1) is 0 Å². The van der Waals surface area contributed by atoms with Crippen molar-refractivity contribution < 1.29 is 4.79 Å². The maximum atomic E-state index is 12.5. The number of amides is 1. The van der Waals surface area contributed by atoms with E-state index in [0.29, 0.717) is 11.8 Å². The summed E-state index contributed by atoms with van der Waals surface area (Å²) in [5, 5.41) is 3.23. The van der Waals surface area contributed by atoms with Gasteiger partial charge < -0.3 is 10.2 Å². The molecule has 2 bridgehead atoms. The van der Waals surface area contributed by atoms with Crippen molar-refractivity contribution in [3.63, 3.8) is 0 Å². The van der Waals surface area contributed by atoms with Gasteiger partial charge in [0.2, 0.25) is 11.9 Å². The molecule has 5 heteroatoms.